The van der Waals surface area contributed by atoms with Crippen LogP contribution in [0.15, 0.2) is 24.3 Å². The van der Waals surface area contributed by atoms with E-state index < -0.39 is 0 Å². The van der Waals surface area contributed by atoms with Crippen molar-refractivity contribution < 1.29 is 9.59 Å². The van der Waals surface area contributed by atoms with E-state index >= 15 is 0 Å². The molecule has 0 saturated carbocycles. The highest BCUT2D eigenvalue weighted by Gasteiger charge is 2.23. The lowest BCUT2D eigenvalue weighted by molar-refractivity contribution is -0.124. The van der Waals surface area contributed by atoms with Crippen LogP contribution in [-0.4, -0.2) is 30.9 Å². The van der Waals surface area contributed by atoms with Crippen molar-refractivity contribution in [2.24, 2.45) is 0 Å². The lowest BCUT2D eigenvalue weighted by Crippen LogP contribution is -2.56. The van der Waals surface area contributed by atoms with Gasteiger partial charge in [-0.05, 0) is 40.8 Å². The van der Waals surface area contributed by atoms with Gasteiger partial charge in [-0.3, -0.25) is 14.9 Å². The largest absolute Gasteiger partial charge is 0.353 e. The van der Waals surface area contributed by atoms with Crippen LogP contribution >= 0.6 is 22.6 Å². The fraction of sp³-hybridized carbons (Fsp3) is 0.273. The first-order valence-corrected chi connectivity index (χ1v) is 6.29. The smallest absolute Gasteiger partial charge is 0.243 e. The molecular formula is C11H12IN3O2. The van der Waals surface area contributed by atoms with Gasteiger partial charge >= 0.3 is 0 Å². The number of hydrogen-bond acceptors (Lipinski definition) is 3. The molecule has 1 heterocycles. The predicted molar refractivity (Wildman–Crippen MR) is 72.6 cm³/mol. The predicted octanol–water partition coefficient (Wildman–Crippen LogP) is 0.318. The summed E-state index contributed by atoms with van der Waals surface area (Å²) in [7, 11) is 0. The van der Waals surface area contributed by atoms with Gasteiger partial charge in [0.05, 0.1) is 6.54 Å². The number of nitrogens with one attached hydrogen (secondary N) is 3. The maximum Gasteiger partial charge on any atom is 0.243 e. The highest BCUT2D eigenvalue weighted by atomic mass is 127. The summed E-state index contributed by atoms with van der Waals surface area (Å²) in [6.07, 6.45) is 0. The van der Waals surface area contributed by atoms with Crippen LogP contribution < -0.4 is 16.0 Å². The topological polar surface area (TPSA) is 70.2 Å². The summed E-state index contributed by atoms with van der Waals surface area (Å²) in [4.78, 5) is 22.8. The van der Waals surface area contributed by atoms with Crippen molar-refractivity contribution in [3.63, 3.8) is 0 Å². The molecule has 0 aliphatic carbocycles. The quantitative estimate of drug-likeness (QED) is 0.676. The molecule has 3 N–H and O–H groups in total. The second-order valence-corrected chi connectivity index (χ2v) is 4.98. The Balaban J connectivity index is 1.95. The SMILES string of the molecule is O=C1CNC(C(=O)Nc2cccc(I)c2)CN1. The molecule has 6 heteroatoms. The zero-order valence-electron chi connectivity index (χ0n) is 9.00. The molecule has 1 aromatic rings. The number of benzene rings is 1. The average molecular weight is 345 g/mol. The summed E-state index contributed by atoms with van der Waals surface area (Å²) >= 11 is 2.19. The number of piperazine rings is 1. The maximum atomic E-state index is 11.9. The Morgan fingerprint density at radius 1 is 1.47 bits per heavy atom. The van der Waals surface area contributed by atoms with Crippen LogP contribution in [0.1, 0.15) is 0 Å². The molecule has 1 aromatic carbocycles. The number of amides is 2. The normalized spacial score (nSPS) is 19.6. The van der Waals surface area contributed by atoms with Crippen molar-refractivity contribution in [3.05, 3.63) is 27.8 Å². The van der Waals surface area contributed by atoms with E-state index in [0.29, 0.717) is 6.54 Å². The number of halogens is 1. The van der Waals surface area contributed by atoms with Crippen molar-refractivity contribution in [1.29, 1.82) is 0 Å². The summed E-state index contributed by atoms with van der Waals surface area (Å²) in [6, 6.07) is 7.19. The number of carbonyl (C=O) groups excluding carboxylic acids is 2. The van der Waals surface area contributed by atoms with Crippen LogP contribution in [-0.2, 0) is 9.59 Å². The van der Waals surface area contributed by atoms with E-state index in [-0.39, 0.29) is 24.4 Å². The minimum atomic E-state index is -0.370. The maximum absolute atomic E-state index is 11.9. The van der Waals surface area contributed by atoms with E-state index in [0.717, 1.165) is 9.26 Å². The molecule has 0 spiro atoms. The van der Waals surface area contributed by atoms with Crippen LogP contribution in [0.5, 0.6) is 0 Å². The first-order chi connectivity index (χ1) is 8.15. The van der Waals surface area contributed by atoms with Crippen molar-refractivity contribution >= 4 is 40.1 Å². The lowest BCUT2D eigenvalue weighted by Gasteiger charge is -2.23. The molecule has 5 nitrogen and oxygen atoms in total. The molecule has 0 bridgehead atoms. The molecule has 1 aliphatic heterocycles. The van der Waals surface area contributed by atoms with Crippen molar-refractivity contribution in [2.75, 3.05) is 18.4 Å². The van der Waals surface area contributed by atoms with Gasteiger partial charge in [0.25, 0.3) is 0 Å². The van der Waals surface area contributed by atoms with Gasteiger partial charge in [-0.15, -0.1) is 0 Å². The molecule has 2 amide bonds. The molecule has 1 fully saturated rings. The number of anilines is 1. The third kappa shape index (κ3) is 3.40. The summed E-state index contributed by atoms with van der Waals surface area (Å²) in [5.41, 5.74) is 0.764. The molecule has 0 aromatic heterocycles. The molecule has 2 rings (SSSR count). The van der Waals surface area contributed by atoms with Crippen LogP contribution in [0.4, 0.5) is 5.69 Å². The van der Waals surface area contributed by atoms with Gasteiger partial charge in [-0.1, -0.05) is 6.07 Å². The summed E-state index contributed by atoms with van der Waals surface area (Å²) in [5, 5.41) is 8.33. The molecular weight excluding hydrogens is 333 g/mol. The third-order valence-corrected chi connectivity index (χ3v) is 3.09. The molecule has 0 radical (unpaired) electrons. The fourth-order valence-corrected chi connectivity index (χ4v) is 2.09. The van der Waals surface area contributed by atoms with Gasteiger partial charge < -0.3 is 10.6 Å². The Bertz CT molecular complexity index is 440. The zero-order valence-corrected chi connectivity index (χ0v) is 11.2. The van der Waals surface area contributed by atoms with Gasteiger partial charge in [-0.2, -0.15) is 0 Å². The Hall–Kier alpha value is -1.15. The van der Waals surface area contributed by atoms with E-state index in [2.05, 4.69) is 38.5 Å². The number of hydrogen-bond donors (Lipinski definition) is 3. The monoisotopic (exact) mass is 345 g/mol. The Kier molecular flexibility index (Phi) is 3.95. The standard InChI is InChI=1S/C11H12IN3O2/c12-7-2-1-3-8(4-7)15-11(17)9-5-14-10(16)6-13-9/h1-4,9,13H,5-6H2,(H,14,16)(H,15,17). The molecule has 1 aliphatic rings. The van der Waals surface area contributed by atoms with E-state index in [4.69, 9.17) is 0 Å². The summed E-state index contributed by atoms with van der Waals surface area (Å²) in [6.45, 7) is 0.513. The van der Waals surface area contributed by atoms with E-state index in [1.807, 2.05) is 24.3 Å². The van der Waals surface area contributed by atoms with Gasteiger partial charge in [0.2, 0.25) is 11.8 Å². The summed E-state index contributed by atoms with van der Waals surface area (Å²) in [5.74, 6) is -0.213. The van der Waals surface area contributed by atoms with E-state index in [1.54, 1.807) is 0 Å². The second-order valence-electron chi connectivity index (χ2n) is 3.74. The highest BCUT2D eigenvalue weighted by molar-refractivity contribution is 14.1. The summed E-state index contributed by atoms with van der Waals surface area (Å²) < 4.78 is 1.06. The Labute approximate surface area is 112 Å². The molecule has 90 valence electrons. The number of rotatable bonds is 2. The van der Waals surface area contributed by atoms with Gasteiger partial charge in [-0.25, -0.2) is 0 Å². The van der Waals surface area contributed by atoms with E-state index in [1.165, 1.54) is 0 Å². The average Bonchev–Trinajstić information content (AvgIpc) is 2.29. The Morgan fingerprint density at radius 2 is 2.29 bits per heavy atom. The molecule has 1 saturated heterocycles. The zero-order chi connectivity index (χ0) is 12.3. The molecule has 1 unspecified atom stereocenters. The van der Waals surface area contributed by atoms with Gasteiger partial charge in [0.1, 0.15) is 6.04 Å². The fourth-order valence-electron chi connectivity index (χ4n) is 1.55. The second kappa shape index (κ2) is 5.46. The van der Waals surface area contributed by atoms with Crippen LogP contribution in [0, 0.1) is 3.57 Å². The lowest BCUT2D eigenvalue weighted by atomic mass is 10.2. The third-order valence-electron chi connectivity index (χ3n) is 2.42. The van der Waals surface area contributed by atoms with Gasteiger partial charge in [0.15, 0.2) is 0 Å². The van der Waals surface area contributed by atoms with Crippen LogP contribution in [0.25, 0.3) is 0 Å². The molecule has 17 heavy (non-hydrogen) atoms. The molecule has 1 atom stereocenters. The van der Waals surface area contributed by atoms with Crippen molar-refractivity contribution in [2.45, 2.75) is 6.04 Å². The highest BCUT2D eigenvalue weighted by Crippen LogP contribution is 2.12. The minimum Gasteiger partial charge on any atom is -0.353 e. The first kappa shape index (κ1) is 12.3. The van der Waals surface area contributed by atoms with Crippen molar-refractivity contribution in [1.82, 2.24) is 10.6 Å². The first-order valence-electron chi connectivity index (χ1n) is 5.21. The van der Waals surface area contributed by atoms with E-state index in [9.17, 15) is 9.59 Å². The number of carbonyl (C=O) groups is 2. The Morgan fingerprint density at radius 3 is 2.94 bits per heavy atom. The van der Waals surface area contributed by atoms with Crippen molar-refractivity contribution in [3.8, 4) is 0 Å². The van der Waals surface area contributed by atoms with Crippen LogP contribution in [0.3, 0.4) is 0 Å². The minimum absolute atomic E-state index is 0.0803. The van der Waals surface area contributed by atoms with Gasteiger partial charge in [0, 0.05) is 15.8 Å². The van der Waals surface area contributed by atoms with Crippen LogP contribution in [0.2, 0.25) is 0 Å².